The Morgan fingerprint density at radius 2 is 1.84 bits per heavy atom. The summed E-state index contributed by atoms with van der Waals surface area (Å²) in [6.07, 6.45) is 1.52. The maximum atomic E-state index is 12.5. The molecule has 0 radical (unpaired) electrons. The Morgan fingerprint density at radius 3 is 2.53 bits per heavy atom. The summed E-state index contributed by atoms with van der Waals surface area (Å²) in [7, 11) is 0. The van der Waals surface area contributed by atoms with E-state index in [2.05, 4.69) is 27.9 Å². The number of nitrogens with zero attached hydrogens (tertiary/aromatic N) is 1. The van der Waals surface area contributed by atoms with E-state index < -0.39 is 5.91 Å². The van der Waals surface area contributed by atoms with Crippen molar-refractivity contribution < 1.29 is 14.3 Å². The molecule has 0 saturated heterocycles. The minimum absolute atomic E-state index is 0.0178. The summed E-state index contributed by atoms with van der Waals surface area (Å²) in [4.78, 5) is 12.5. The van der Waals surface area contributed by atoms with Crippen LogP contribution in [-0.4, -0.2) is 12.5 Å². The molecule has 0 atom stereocenters. The number of carbonyl (C=O) groups is 1. The molecule has 3 aromatic rings. The van der Waals surface area contributed by atoms with E-state index >= 15 is 0 Å². The molecular formula is C25H20ClIN2O3. The first-order chi connectivity index (χ1) is 15.5. The van der Waals surface area contributed by atoms with Gasteiger partial charge in [-0.1, -0.05) is 35.9 Å². The van der Waals surface area contributed by atoms with Crippen LogP contribution in [0, 0.1) is 14.9 Å². The molecule has 3 rings (SSSR count). The van der Waals surface area contributed by atoms with Crippen LogP contribution in [0.5, 0.6) is 11.5 Å². The van der Waals surface area contributed by atoms with E-state index in [-0.39, 0.29) is 12.2 Å². The highest BCUT2D eigenvalue weighted by Crippen LogP contribution is 2.31. The lowest BCUT2D eigenvalue weighted by molar-refractivity contribution is -0.112. The van der Waals surface area contributed by atoms with Crippen LogP contribution in [0.1, 0.15) is 18.1 Å². The van der Waals surface area contributed by atoms with Crippen LogP contribution >= 0.6 is 34.2 Å². The number of carbonyl (C=O) groups excluding carboxylic acids is 1. The fourth-order valence-corrected chi connectivity index (χ4v) is 3.37. The van der Waals surface area contributed by atoms with E-state index in [1.165, 1.54) is 6.08 Å². The molecular weight excluding hydrogens is 539 g/mol. The first-order valence-corrected chi connectivity index (χ1v) is 11.3. The van der Waals surface area contributed by atoms with Crippen LogP contribution in [0.2, 0.25) is 5.02 Å². The van der Waals surface area contributed by atoms with E-state index in [1.54, 1.807) is 30.3 Å². The molecule has 0 aliphatic carbocycles. The fraction of sp³-hybridized carbons (Fsp3) is 0.120. The van der Waals surface area contributed by atoms with Crippen LogP contribution in [0.4, 0.5) is 5.69 Å². The average Bonchev–Trinajstić information content (AvgIpc) is 2.79. The number of hydrogen-bond donors (Lipinski definition) is 1. The molecule has 162 valence electrons. The van der Waals surface area contributed by atoms with Crippen molar-refractivity contribution in [2.24, 2.45) is 0 Å². The standard InChI is InChI=1S/C25H20ClIN2O3/c1-2-31-24-14-17(7-12-23(24)32-16-18-5-3-4-6-22(18)26)13-19(15-28)25(30)29-21-10-8-20(27)9-11-21/h3-14H,2,16H2,1H3,(H,29,30)/b19-13+. The van der Waals surface area contributed by atoms with Gasteiger partial charge in [0.05, 0.1) is 6.61 Å². The van der Waals surface area contributed by atoms with Crippen molar-refractivity contribution in [1.29, 1.82) is 5.26 Å². The molecule has 0 fully saturated rings. The lowest BCUT2D eigenvalue weighted by atomic mass is 10.1. The van der Waals surface area contributed by atoms with Gasteiger partial charge in [-0.25, -0.2) is 0 Å². The quantitative estimate of drug-likeness (QED) is 0.195. The number of halogens is 2. The van der Waals surface area contributed by atoms with Gasteiger partial charge in [0.2, 0.25) is 0 Å². The molecule has 0 bridgehead atoms. The Balaban J connectivity index is 1.78. The van der Waals surface area contributed by atoms with Crippen LogP contribution in [0.3, 0.4) is 0 Å². The first kappa shape index (κ1) is 23.6. The lowest BCUT2D eigenvalue weighted by Crippen LogP contribution is -2.13. The molecule has 0 unspecified atom stereocenters. The Bertz CT molecular complexity index is 1170. The van der Waals surface area contributed by atoms with E-state index in [4.69, 9.17) is 21.1 Å². The van der Waals surface area contributed by atoms with Crippen molar-refractivity contribution >= 4 is 51.9 Å². The lowest BCUT2D eigenvalue weighted by Gasteiger charge is -2.13. The highest BCUT2D eigenvalue weighted by atomic mass is 127. The van der Waals surface area contributed by atoms with Crippen LogP contribution < -0.4 is 14.8 Å². The third-order valence-electron chi connectivity index (χ3n) is 4.39. The van der Waals surface area contributed by atoms with Crippen molar-refractivity contribution in [1.82, 2.24) is 0 Å². The van der Waals surface area contributed by atoms with E-state index in [0.29, 0.717) is 34.4 Å². The normalized spacial score (nSPS) is 10.9. The van der Waals surface area contributed by atoms with Gasteiger partial charge in [0.15, 0.2) is 11.5 Å². The monoisotopic (exact) mass is 558 g/mol. The number of rotatable bonds is 8. The molecule has 0 heterocycles. The summed E-state index contributed by atoms with van der Waals surface area (Å²) >= 11 is 8.38. The van der Waals surface area contributed by atoms with Gasteiger partial charge >= 0.3 is 0 Å². The smallest absolute Gasteiger partial charge is 0.266 e. The third-order valence-corrected chi connectivity index (χ3v) is 5.47. The zero-order valence-electron chi connectivity index (χ0n) is 17.3. The van der Waals surface area contributed by atoms with Gasteiger partial charge in [-0.3, -0.25) is 4.79 Å². The van der Waals surface area contributed by atoms with Gasteiger partial charge in [0.25, 0.3) is 5.91 Å². The molecule has 0 aliphatic rings. The van der Waals surface area contributed by atoms with Crippen LogP contribution in [0.15, 0.2) is 72.3 Å². The van der Waals surface area contributed by atoms with E-state index in [1.807, 2.05) is 49.4 Å². The zero-order chi connectivity index (χ0) is 22.9. The Kier molecular flexibility index (Phi) is 8.54. The molecule has 3 aromatic carbocycles. The summed E-state index contributed by atoms with van der Waals surface area (Å²) in [5.74, 6) is 0.583. The second kappa shape index (κ2) is 11.6. The molecule has 5 nitrogen and oxygen atoms in total. The number of nitriles is 1. The molecule has 0 saturated carbocycles. The highest BCUT2D eigenvalue weighted by molar-refractivity contribution is 14.1. The summed E-state index contributed by atoms with van der Waals surface area (Å²) < 4.78 is 12.7. The Morgan fingerprint density at radius 1 is 1.09 bits per heavy atom. The molecule has 0 spiro atoms. The Labute approximate surface area is 205 Å². The predicted octanol–water partition coefficient (Wildman–Crippen LogP) is 6.47. The summed E-state index contributed by atoms with van der Waals surface area (Å²) in [6.45, 7) is 2.60. The molecule has 0 aromatic heterocycles. The minimum atomic E-state index is -0.481. The summed E-state index contributed by atoms with van der Waals surface area (Å²) in [6, 6.07) is 22.0. The number of anilines is 1. The van der Waals surface area contributed by atoms with Gasteiger partial charge in [-0.15, -0.1) is 0 Å². The largest absolute Gasteiger partial charge is 0.490 e. The molecule has 32 heavy (non-hydrogen) atoms. The molecule has 1 N–H and O–H groups in total. The van der Waals surface area contributed by atoms with Crippen LogP contribution in [-0.2, 0) is 11.4 Å². The van der Waals surface area contributed by atoms with Crippen molar-refractivity contribution in [2.75, 3.05) is 11.9 Å². The van der Waals surface area contributed by atoms with E-state index in [0.717, 1.165) is 9.13 Å². The highest BCUT2D eigenvalue weighted by Gasteiger charge is 2.12. The summed E-state index contributed by atoms with van der Waals surface area (Å²) in [5.41, 5.74) is 2.11. The van der Waals surface area contributed by atoms with Crippen LogP contribution in [0.25, 0.3) is 6.08 Å². The van der Waals surface area contributed by atoms with Gasteiger partial charge in [-0.05, 0) is 83.6 Å². The Hall–Kier alpha value is -3.02. The minimum Gasteiger partial charge on any atom is -0.490 e. The zero-order valence-corrected chi connectivity index (χ0v) is 20.2. The predicted molar refractivity (Wildman–Crippen MR) is 135 cm³/mol. The van der Waals surface area contributed by atoms with Gasteiger partial charge < -0.3 is 14.8 Å². The number of benzene rings is 3. The number of amides is 1. The van der Waals surface area contributed by atoms with Gasteiger partial charge in [-0.2, -0.15) is 5.26 Å². The van der Waals surface area contributed by atoms with Crippen molar-refractivity contribution in [3.8, 4) is 17.6 Å². The molecule has 0 aliphatic heterocycles. The van der Waals surface area contributed by atoms with E-state index in [9.17, 15) is 10.1 Å². The first-order valence-electron chi connectivity index (χ1n) is 9.82. The van der Waals surface area contributed by atoms with Crippen molar-refractivity contribution in [3.05, 3.63) is 92.0 Å². The fourth-order valence-electron chi connectivity index (χ4n) is 2.82. The number of nitrogens with one attached hydrogen (secondary N) is 1. The topological polar surface area (TPSA) is 71.3 Å². The summed E-state index contributed by atoms with van der Waals surface area (Å²) in [5, 5.41) is 12.9. The molecule has 7 heteroatoms. The van der Waals surface area contributed by atoms with Crippen molar-refractivity contribution in [2.45, 2.75) is 13.5 Å². The van der Waals surface area contributed by atoms with Gasteiger partial charge in [0, 0.05) is 19.8 Å². The maximum absolute atomic E-state index is 12.5. The maximum Gasteiger partial charge on any atom is 0.266 e. The third kappa shape index (κ3) is 6.49. The average molecular weight is 559 g/mol. The second-order valence-corrected chi connectivity index (χ2v) is 8.30. The number of ether oxygens (including phenoxy) is 2. The molecule has 1 amide bonds. The second-order valence-electron chi connectivity index (χ2n) is 6.65. The van der Waals surface area contributed by atoms with Crippen molar-refractivity contribution in [3.63, 3.8) is 0 Å². The number of hydrogen-bond acceptors (Lipinski definition) is 4. The van der Waals surface area contributed by atoms with Gasteiger partial charge in [0.1, 0.15) is 18.2 Å². The SMILES string of the molecule is CCOc1cc(/C=C(\C#N)C(=O)Nc2ccc(I)cc2)ccc1OCc1ccccc1Cl.